The molecule has 2 atom stereocenters. The van der Waals surface area contributed by atoms with Crippen LogP contribution in [-0.2, 0) is 4.74 Å². The fourth-order valence-corrected chi connectivity index (χ4v) is 2.84. The van der Waals surface area contributed by atoms with Crippen LogP contribution in [0.15, 0.2) is 4.99 Å². The minimum absolute atomic E-state index is 0. The molecule has 2 N–H and O–H groups in total. The van der Waals surface area contributed by atoms with Crippen molar-refractivity contribution in [1.82, 2.24) is 10.6 Å². The molecule has 0 radical (unpaired) electrons. The van der Waals surface area contributed by atoms with Crippen molar-refractivity contribution >= 4 is 29.9 Å². The van der Waals surface area contributed by atoms with Crippen LogP contribution >= 0.6 is 24.0 Å². The van der Waals surface area contributed by atoms with E-state index in [4.69, 9.17) is 4.74 Å². The van der Waals surface area contributed by atoms with E-state index in [0.717, 1.165) is 25.7 Å². The third kappa shape index (κ3) is 7.68. The molecule has 1 heterocycles. The molecule has 1 rings (SSSR count). The minimum Gasteiger partial charge on any atom is -0.377 e. The van der Waals surface area contributed by atoms with E-state index in [9.17, 15) is 0 Å². The highest BCUT2D eigenvalue weighted by Crippen LogP contribution is 2.33. The average Bonchev–Trinajstić information content (AvgIpc) is 2.42. The van der Waals surface area contributed by atoms with Crippen LogP contribution in [0.25, 0.3) is 0 Å². The number of unbranched alkanes of at least 4 members (excludes halogenated alkanes) is 1. The zero-order valence-electron chi connectivity index (χ0n) is 14.4. The summed E-state index contributed by atoms with van der Waals surface area (Å²) in [6.45, 7) is 11.8. The van der Waals surface area contributed by atoms with Gasteiger partial charge in [0.1, 0.15) is 0 Å². The van der Waals surface area contributed by atoms with Crippen molar-refractivity contribution in [2.24, 2.45) is 16.3 Å². The molecule has 0 aliphatic carbocycles. The maximum absolute atomic E-state index is 6.02. The van der Waals surface area contributed by atoms with Crippen molar-refractivity contribution in [3.8, 4) is 0 Å². The van der Waals surface area contributed by atoms with Crippen molar-refractivity contribution < 1.29 is 4.74 Å². The van der Waals surface area contributed by atoms with Gasteiger partial charge in [-0.05, 0) is 24.7 Å². The summed E-state index contributed by atoms with van der Waals surface area (Å²) in [6, 6.07) is 0. The Morgan fingerprint density at radius 2 is 2.00 bits per heavy atom. The Hall–Kier alpha value is -0.0400. The second-order valence-corrected chi connectivity index (χ2v) is 6.79. The van der Waals surface area contributed by atoms with E-state index in [1.807, 2.05) is 7.05 Å². The first-order valence-corrected chi connectivity index (χ1v) is 8.05. The largest absolute Gasteiger partial charge is 0.377 e. The molecule has 0 bridgehead atoms. The number of nitrogens with one attached hydrogen (secondary N) is 2. The Bertz CT molecular complexity index is 302. The monoisotopic (exact) mass is 411 g/mol. The molecule has 1 fully saturated rings. The molecule has 0 spiro atoms. The second-order valence-electron chi connectivity index (χ2n) is 6.79. The first kappa shape index (κ1) is 21.0. The fraction of sp³-hybridized carbons (Fsp3) is 0.938. The number of nitrogens with zero attached hydrogens (tertiary/aromatic N) is 1. The Labute approximate surface area is 147 Å². The Kier molecular flexibility index (Phi) is 10.6. The van der Waals surface area contributed by atoms with Crippen LogP contribution in [0.4, 0.5) is 0 Å². The SMILES string of the molecule is CCCCNC(=NC)NCC1CCCOC1C(C)(C)C.I. The smallest absolute Gasteiger partial charge is 0.190 e. The Morgan fingerprint density at radius 3 is 2.57 bits per heavy atom. The maximum atomic E-state index is 6.02. The Balaban J connectivity index is 0.00000400. The van der Waals surface area contributed by atoms with E-state index < -0.39 is 0 Å². The van der Waals surface area contributed by atoms with E-state index in [1.165, 1.54) is 25.7 Å². The molecule has 21 heavy (non-hydrogen) atoms. The summed E-state index contributed by atoms with van der Waals surface area (Å²) >= 11 is 0. The van der Waals surface area contributed by atoms with Gasteiger partial charge in [0.2, 0.25) is 0 Å². The molecule has 1 aliphatic heterocycles. The summed E-state index contributed by atoms with van der Waals surface area (Å²) in [7, 11) is 1.83. The zero-order chi connectivity index (χ0) is 15.0. The van der Waals surface area contributed by atoms with Gasteiger partial charge in [0.25, 0.3) is 0 Å². The highest BCUT2D eigenvalue weighted by Gasteiger charge is 2.35. The van der Waals surface area contributed by atoms with E-state index in [-0.39, 0.29) is 29.4 Å². The first-order chi connectivity index (χ1) is 9.49. The van der Waals surface area contributed by atoms with Gasteiger partial charge in [-0.25, -0.2) is 0 Å². The van der Waals surface area contributed by atoms with Crippen LogP contribution < -0.4 is 10.6 Å². The van der Waals surface area contributed by atoms with Crippen LogP contribution in [-0.4, -0.2) is 38.8 Å². The van der Waals surface area contributed by atoms with Crippen LogP contribution in [0.2, 0.25) is 0 Å². The van der Waals surface area contributed by atoms with Gasteiger partial charge in [0.15, 0.2) is 5.96 Å². The molecular formula is C16H34IN3O. The van der Waals surface area contributed by atoms with Crippen LogP contribution in [0.5, 0.6) is 0 Å². The van der Waals surface area contributed by atoms with E-state index >= 15 is 0 Å². The first-order valence-electron chi connectivity index (χ1n) is 8.05. The highest BCUT2D eigenvalue weighted by molar-refractivity contribution is 14.0. The molecule has 0 aromatic heterocycles. The maximum Gasteiger partial charge on any atom is 0.190 e. The summed E-state index contributed by atoms with van der Waals surface area (Å²) in [6.07, 6.45) is 5.11. The van der Waals surface area contributed by atoms with Crippen molar-refractivity contribution in [2.75, 3.05) is 26.7 Å². The third-order valence-electron chi connectivity index (χ3n) is 3.88. The lowest BCUT2D eigenvalue weighted by atomic mass is 9.78. The molecule has 0 amide bonds. The fourth-order valence-electron chi connectivity index (χ4n) is 2.84. The quantitative estimate of drug-likeness (QED) is 0.316. The highest BCUT2D eigenvalue weighted by atomic mass is 127. The van der Waals surface area contributed by atoms with E-state index in [1.54, 1.807) is 0 Å². The zero-order valence-corrected chi connectivity index (χ0v) is 16.7. The lowest BCUT2D eigenvalue weighted by Crippen LogP contribution is -2.47. The summed E-state index contributed by atoms with van der Waals surface area (Å²) in [4.78, 5) is 4.29. The normalized spacial score (nSPS) is 23.4. The van der Waals surface area contributed by atoms with E-state index in [2.05, 4.69) is 43.3 Å². The molecule has 4 nitrogen and oxygen atoms in total. The number of rotatable bonds is 5. The topological polar surface area (TPSA) is 45.7 Å². The van der Waals surface area contributed by atoms with Gasteiger partial charge < -0.3 is 15.4 Å². The van der Waals surface area contributed by atoms with Crippen molar-refractivity contribution in [2.45, 2.75) is 59.5 Å². The van der Waals surface area contributed by atoms with Crippen LogP contribution in [0.1, 0.15) is 53.4 Å². The van der Waals surface area contributed by atoms with Gasteiger partial charge in [0, 0.05) is 32.7 Å². The molecule has 2 unspecified atom stereocenters. The van der Waals surface area contributed by atoms with Crippen LogP contribution in [0, 0.1) is 11.3 Å². The van der Waals surface area contributed by atoms with Gasteiger partial charge in [-0.3, -0.25) is 4.99 Å². The number of guanidine groups is 1. The summed E-state index contributed by atoms with van der Waals surface area (Å²) in [5.41, 5.74) is 0.200. The van der Waals surface area contributed by atoms with E-state index in [0.29, 0.717) is 12.0 Å². The van der Waals surface area contributed by atoms with Gasteiger partial charge >= 0.3 is 0 Å². The van der Waals surface area contributed by atoms with Crippen molar-refractivity contribution in [3.63, 3.8) is 0 Å². The standard InChI is InChI=1S/C16H33N3O.HI/c1-6-7-10-18-15(17-5)19-12-13-9-8-11-20-14(13)16(2,3)4;/h13-14H,6-12H2,1-5H3,(H2,17,18,19);1H. The summed E-state index contributed by atoms with van der Waals surface area (Å²) in [5, 5.41) is 6.82. The molecule has 0 aromatic carbocycles. The number of hydrogen-bond donors (Lipinski definition) is 2. The summed E-state index contributed by atoms with van der Waals surface area (Å²) in [5.74, 6) is 1.48. The van der Waals surface area contributed by atoms with Crippen LogP contribution in [0.3, 0.4) is 0 Å². The molecule has 1 saturated heterocycles. The van der Waals surface area contributed by atoms with Crippen molar-refractivity contribution in [3.05, 3.63) is 0 Å². The van der Waals surface area contributed by atoms with Crippen molar-refractivity contribution in [1.29, 1.82) is 0 Å². The third-order valence-corrected chi connectivity index (χ3v) is 3.88. The molecule has 0 aromatic rings. The van der Waals surface area contributed by atoms with Gasteiger partial charge in [0.05, 0.1) is 6.10 Å². The number of aliphatic imine (C=N–C) groups is 1. The molecule has 0 saturated carbocycles. The van der Waals surface area contributed by atoms with Gasteiger partial charge in [-0.15, -0.1) is 24.0 Å². The number of ether oxygens (including phenoxy) is 1. The molecule has 5 heteroatoms. The summed E-state index contributed by atoms with van der Waals surface area (Å²) < 4.78 is 6.02. The lowest BCUT2D eigenvalue weighted by Gasteiger charge is -2.40. The lowest BCUT2D eigenvalue weighted by molar-refractivity contribution is -0.0835. The predicted octanol–water partition coefficient (Wildman–Crippen LogP) is 3.41. The molecule has 126 valence electrons. The second kappa shape index (κ2) is 10.6. The number of hydrogen-bond acceptors (Lipinski definition) is 2. The minimum atomic E-state index is 0. The van der Waals surface area contributed by atoms with Gasteiger partial charge in [-0.2, -0.15) is 0 Å². The average molecular weight is 411 g/mol. The predicted molar refractivity (Wildman–Crippen MR) is 102 cm³/mol. The number of halogens is 1. The Morgan fingerprint density at radius 1 is 1.29 bits per heavy atom. The van der Waals surface area contributed by atoms with Gasteiger partial charge in [-0.1, -0.05) is 34.1 Å². The molecular weight excluding hydrogens is 377 g/mol. The molecule has 1 aliphatic rings.